The van der Waals surface area contributed by atoms with Crippen molar-refractivity contribution in [3.05, 3.63) is 46.6 Å². The van der Waals surface area contributed by atoms with Crippen molar-refractivity contribution in [3.63, 3.8) is 0 Å². The number of hydrogen-bond acceptors (Lipinski definition) is 5. The molecule has 2 atom stereocenters. The summed E-state index contributed by atoms with van der Waals surface area (Å²) >= 11 is 0. The van der Waals surface area contributed by atoms with Crippen molar-refractivity contribution >= 4 is 15.6 Å². The minimum absolute atomic E-state index is 0.374. The molecule has 0 fully saturated rings. The molecule has 0 saturated carbocycles. The summed E-state index contributed by atoms with van der Waals surface area (Å²) in [6.45, 7) is 12.1. The normalized spacial score (nSPS) is 16.0. The SMILES string of the molecule is COP(=O)(OC(C=C(C)CCC=C(C)C)CC=C(C)CCC=C(C)C)OP(=O)(O)O. The van der Waals surface area contributed by atoms with Crippen molar-refractivity contribution in [2.45, 2.75) is 79.8 Å². The average molecular weight is 464 g/mol. The molecule has 9 heteroatoms. The Balaban J connectivity index is 5.43. The Morgan fingerprint density at radius 2 is 1.37 bits per heavy atom. The lowest BCUT2D eigenvalue weighted by Gasteiger charge is -2.21. The van der Waals surface area contributed by atoms with E-state index in [1.165, 1.54) is 11.1 Å². The Morgan fingerprint density at radius 1 is 0.867 bits per heavy atom. The van der Waals surface area contributed by atoms with Gasteiger partial charge in [-0.15, -0.1) is 0 Å². The maximum atomic E-state index is 12.6. The van der Waals surface area contributed by atoms with Gasteiger partial charge in [0.05, 0.1) is 6.10 Å². The minimum atomic E-state index is -5.05. The maximum Gasteiger partial charge on any atom is 0.484 e. The van der Waals surface area contributed by atoms with Gasteiger partial charge in [-0.05, 0) is 73.6 Å². The first-order valence-corrected chi connectivity index (χ1v) is 13.0. The first kappa shape index (κ1) is 29.2. The predicted molar refractivity (Wildman–Crippen MR) is 122 cm³/mol. The fraction of sp³-hybridized carbons (Fsp3) is 0.619. The van der Waals surface area contributed by atoms with E-state index in [2.05, 4.69) is 34.8 Å². The molecule has 0 spiro atoms. The van der Waals surface area contributed by atoms with E-state index in [9.17, 15) is 9.13 Å². The molecule has 0 bridgehead atoms. The lowest BCUT2D eigenvalue weighted by atomic mass is 10.0. The van der Waals surface area contributed by atoms with Crippen molar-refractivity contribution in [1.29, 1.82) is 0 Å². The highest BCUT2D eigenvalue weighted by atomic mass is 31.3. The van der Waals surface area contributed by atoms with Crippen LogP contribution < -0.4 is 0 Å². The van der Waals surface area contributed by atoms with Gasteiger partial charge in [0.25, 0.3) is 0 Å². The Kier molecular flexibility index (Phi) is 13.9. The van der Waals surface area contributed by atoms with Crippen molar-refractivity contribution in [2.24, 2.45) is 0 Å². The third-order valence-corrected chi connectivity index (χ3v) is 6.67. The van der Waals surface area contributed by atoms with Crippen molar-refractivity contribution in [1.82, 2.24) is 0 Å². The van der Waals surface area contributed by atoms with Gasteiger partial charge in [-0.1, -0.05) is 46.6 Å². The van der Waals surface area contributed by atoms with Crippen molar-refractivity contribution < 1.29 is 32.3 Å². The van der Waals surface area contributed by atoms with Crippen LogP contribution in [0.15, 0.2) is 46.6 Å². The molecule has 30 heavy (non-hydrogen) atoms. The zero-order valence-corrected chi connectivity index (χ0v) is 21.0. The quantitative estimate of drug-likeness (QED) is 0.210. The van der Waals surface area contributed by atoms with Crippen LogP contribution >= 0.6 is 15.6 Å². The van der Waals surface area contributed by atoms with Crippen LogP contribution in [0, 0.1) is 0 Å². The number of hydrogen-bond donors (Lipinski definition) is 2. The standard InChI is InChI=1S/C21H38O7P2/c1-17(2)10-8-12-19(5)14-15-21(16-20(6)13-9-11-18(3)4)27-30(25,26-7)28-29(22,23)24/h10-11,14,16,21H,8-9,12-13,15H2,1-7H3,(H2,22,23,24). The second-order valence-corrected chi connectivity index (χ2v) is 10.9. The lowest BCUT2D eigenvalue weighted by Crippen LogP contribution is -2.10. The van der Waals surface area contributed by atoms with E-state index in [4.69, 9.17) is 14.3 Å². The van der Waals surface area contributed by atoms with Crippen LogP contribution in [0.1, 0.15) is 73.6 Å². The third-order valence-electron chi connectivity index (χ3n) is 4.05. The molecular formula is C21H38O7P2. The highest BCUT2D eigenvalue weighted by Gasteiger charge is 2.36. The summed E-state index contributed by atoms with van der Waals surface area (Å²) in [4.78, 5) is 18.0. The molecule has 0 aliphatic carbocycles. The zero-order chi connectivity index (χ0) is 23.4. The first-order chi connectivity index (χ1) is 13.8. The maximum absolute atomic E-state index is 12.6. The molecule has 0 aromatic carbocycles. The van der Waals surface area contributed by atoms with Crippen LogP contribution in [0.2, 0.25) is 0 Å². The molecule has 0 aromatic rings. The molecule has 0 radical (unpaired) electrons. The van der Waals surface area contributed by atoms with Crippen LogP contribution in [0.25, 0.3) is 0 Å². The van der Waals surface area contributed by atoms with Gasteiger partial charge in [0.2, 0.25) is 0 Å². The molecule has 0 aromatic heterocycles. The van der Waals surface area contributed by atoms with E-state index < -0.39 is 21.7 Å². The largest absolute Gasteiger partial charge is 0.484 e. The summed E-state index contributed by atoms with van der Waals surface area (Å²) < 4.78 is 38.1. The number of phosphoric ester groups is 1. The molecule has 174 valence electrons. The van der Waals surface area contributed by atoms with E-state index in [0.717, 1.165) is 43.9 Å². The number of phosphoric acid groups is 2. The lowest BCUT2D eigenvalue weighted by molar-refractivity contribution is 0.135. The smallest absolute Gasteiger partial charge is 0.302 e. The molecule has 0 aliphatic heterocycles. The van der Waals surface area contributed by atoms with Gasteiger partial charge in [0.1, 0.15) is 0 Å². The van der Waals surface area contributed by atoms with E-state index in [-0.39, 0.29) is 0 Å². The Hall–Kier alpha value is -0.780. The molecule has 2 N–H and O–H groups in total. The Labute approximate surface area is 181 Å². The van der Waals surface area contributed by atoms with Gasteiger partial charge in [-0.25, -0.2) is 9.13 Å². The molecule has 0 aliphatic rings. The highest BCUT2D eigenvalue weighted by Crippen LogP contribution is 2.61. The van der Waals surface area contributed by atoms with E-state index >= 15 is 0 Å². The van der Waals surface area contributed by atoms with Crippen molar-refractivity contribution in [3.8, 4) is 0 Å². The second-order valence-electron chi connectivity index (χ2n) is 7.79. The van der Waals surface area contributed by atoms with Crippen LogP contribution in [-0.2, 0) is 22.5 Å². The Morgan fingerprint density at radius 3 is 1.80 bits per heavy atom. The second kappa shape index (κ2) is 14.3. The molecule has 2 unspecified atom stereocenters. The Bertz CT molecular complexity index is 736. The highest BCUT2D eigenvalue weighted by molar-refractivity contribution is 7.61. The molecule has 0 amide bonds. The van der Waals surface area contributed by atoms with E-state index in [1.54, 1.807) is 6.08 Å². The van der Waals surface area contributed by atoms with Gasteiger partial charge >= 0.3 is 15.6 Å². The van der Waals surface area contributed by atoms with E-state index in [0.29, 0.717) is 6.42 Å². The zero-order valence-electron chi connectivity index (χ0n) is 19.3. The van der Waals surface area contributed by atoms with Crippen LogP contribution in [0.5, 0.6) is 0 Å². The summed E-state index contributed by atoms with van der Waals surface area (Å²) in [7, 11) is -8.45. The topological polar surface area (TPSA) is 102 Å². The third kappa shape index (κ3) is 16.0. The monoisotopic (exact) mass is 464 g/mol. The van der Waals surface area contributed by atoms with Gasteiger partial charge in [-0.3, -0.25) is 9.05 Å². The van der Waals surface area contributed by atoms with Gasteiger partial charge in [0.15, 0.2) is 0 Å². The first-order valence-electron chi connectivity index (χ1n) is 9.97. The van der Waals surface area contributed by atoms with Crippen LogP contribution in [-0.4, -0.2) is 23.0 Å². The molecular weight excluding hydrogens is 426 g/mol. The van der Waals surface area contributed by atoms with Gasteiger partial charge in [-0.2, -0.15) is 4.31 Å². The number of rotatable bonds is 14. The fourth-order valence-electron chi connectivity index (χ4n) is 2.53. The minimum Gasteiger partial charge on any atom is -0.302 e. The summed E-state index contributed by atoms with van der Waals surface area (Å²) in [6.07, 6.45) is 11.2. The molecule has 7 nitrogen and oxygen atoms in total. The molecule has 0 rings (SSSR count). The predicted octanol–water partition coefficient (Wildman–Crippen LogP) is 7.01. The van der Waals surface area contributed by atoms with Gasteiger partial charge in [0, 0.05) is 7.11 Å². The van der Waals surface area contributed by atoms with Gasteiger partial charge < -0.3 is 9.79 Å². The van der Waals surface area contributed by atoms with Crippen molar-refractivity contribution in [2.75, 3.05) is 7.11 Å². The molecule has 0 saturated heterocycles. The molecule has 0 heterocycles. The fourth-order valence-corrected chi connectivity index (χ4v) is 4.56. The summed E-state index contributed by atoms with van der Waals surface area (Å²) in [5.41, 5.74) is 4.63. The van der Waals surface area contributed by atoms with Crippen LogP contribution in [0.3, 0.4) is 0 Å². The average Bonchev–Trinajstić information content (AvgIpc) is 2.57. The summed E-state index contributed by atoms with van der Waals surface area (Å²) in [5, 5.41) is 0. The summed E-state index contributed by atoms with van der Waals surface area (Å²) in [5.74, 6) is 0. The van der Waals surface area contributed by atoms with Crippen LogP contribution in [0.4, 0.5) is 0 Å². The summed E-state index contributed by atoms with van der Waals surface area (Å²) in [6, 6.07) is 0. The number of allylic oxidation sites excluding steroid dienone is 6. The van der Waals surface area contributed by atoms with E-state index in [1.807, 2.05) is 33.8 Å².